The summed E-state index contributed by atoms with van der Waals surface area (Å²) in [5.41, 5.74) is 3.47. The molecule has 45 heavy (non-hydrogen) atoms. The molecule has 3 unspecified atom stereocenters. The number of fused-ring (bicyclic) bond motifs is 1. The van der Waals surface area contributed by atoms with E-state index >= 15 is 0 Å². The van der Waals surface area contributed by atoms with Crippen molar-refractivity contribution in [1.29, 1.82) is 0 Å². The van der Waals surface area contributed by atoms with Gasteiger partial charge in [0, 0.05) is 36.6 Å². The summed E-state index contributed by atoms with van der Waals surface area (Å²) in [4.78, 5) is 1.19. The third kappa shape index (κ3) is 10.3. The number of thioether (sulfide) groups is 1. The summed E-state index contributed by atoms with van der Waals surface area (Å²) >= 11 is 1.86. The van der Waals surface area contributed by atoms with Crippen LogP contribution in [0.1, 0.15) is 115 Å². The van der Waals surface area contributed by atoms with E-state index in [-0.39, 0.29) is 42.3 Å². The molecule has 0 radical (unpaired) electrons. The zero-order valence-electron chi connectivity index (χ0n) is 28.3. The third-order valence-electron chi connectivity index (χ3n) is 9.00. The fourth-order valence-electron chi connectivity index (χ4n) is 6.22. The van der Waals surface area contributed by atoms with Crippen LogP contribution in [0.25, 0.3) is 0 Å². The average molecular weight is 645 g/mol. The van der Waals surface area contributed by atoms with Crippen LogP contribution in [0.4, 0.5) is 4.39 Å². The molecular weight excluding hydrogens is 587 g/mol. The topological polar surface area (TPSA) is 46.2 Å². The van der Waals surface area contributed by atoms with Gasteiger partial charge in [-0.2, -0.15) is 0 Å². The first-order valence-corrected chi connectivity index (χ1v) is 18.5. The summed E-state index contributed by atoms with van der Waals surface area (Å²) in [6, 6.07) is 14.0. The fraction of sp³-hybridized carbons (Fsp3) is 0.684. The number of halogens is 1. The quantitative estimate of drug-likeness (QED) is 0.134. The van der Waals surface area contributed by atoms with Crippen LogP contribution in [0.2, 0.25) is 0 Å². The van der Waals surface area contributed by atoms with E-state index in [1.165, 1.54) is 10.5 Å². The maximum absolute atomic E-state index is 14.0. The van der Waals surface area contributed by atoms with Crippen LogP contribution in [0.15, 0.2) is 47.4 Å². The van der Waals surface area contributed by atoms with E-state index in [2.05, 4.69) is 58.9 Å². The molecule has 0 saturated carbocycles. The van der Waals surface area contributed by atoms with Crippen molar-refractivity contribution < 1.29 is 28.1 Å². The van der Waals surface area contributed by atoms with Gasteiger partial charge in [-0.1, -0.05) is 84.6 Å². The van der Waals surface area contributed by atoms with E-state index in [0.717, 1.165) is 68.9 Å². The molecule has 1 fully saturated rings. The normalized spacial score (nSPS) is 26.3. The van der Waals surface area contributed by atoms with E-state index in [0.29, 0.717) is 38.3 Å². The highest BCUT2D eigenvalue weighted by Gasteiger charge is 2.48. The predicted octanol–water partition coefficient (Wildman–Crippen LogP) is 9.46. The van der Waals surface area contributed by atoms with Crippen LogP contribution in [-0.2, 0) is 30.1 Å². The van der Waals surface area contributed by atoms with Crippen LogP contribution in [0.5, 0.6) is 0 Å². The van der Waals surface area contributed by atoms with Crippen LogP contribution in [0.3, 0.4) is 0 Å². The van der Waals surface area contributed by atoms with Crippen molar-refractivity contribution in [3.8, 4) is 0 Å². The minimum Gasteiger partial charge on any atom is -0.379 e. The molecule has 5 nitrogen and oxygen atoms in total. The molecule has 0 N–H and O–H groups in total. The zero-order valence-corrected chi connectivity index (χ0v) is 29.1. The van der Waals surface area contributed by atoms with E-state index in [9.17, 15) is 4.39 Å². The number of hydrogen-bond acceptors (Lipinski definition) is 6. The first-order valence-electron chi connectivity index (χ1n) is 17.6. The molecule has 0 aromatic heterocycles. The maximum atomic E-state index is 14.0. The molecule has 4 rings (SSSR count). The number of ether oxygens (including phenoxy) is 5. The van der Waals surface area contributed by atoms with Gasteiger partial charge in [0.15, 0.2) is 0 Å². The van der Waals surface area contributed by atoms with Crippen molar-refractivity contribution in [2.24, 2.45) is 0 Å². The lowest BCUT2D eigenvalue weighted by atomic mass is 9.88. The highest BCUT2D eigenvalue weighted by Crippen LogP contribution is 2.47. The summed E-state index contributed by atoms with van der Waals surface area (Å²) in [6.07, 6.45) is 7.75. The molecule has 2 aromatic rings. The molecule has 1 saturated heterocycles. The SMILES string of the molecule is CCCCOC[C@H]1OC(c2cccc(CC3Sc4ccc(F)cc4C3C)c2)[C@H](OCCCC)[C@@H](OCCCC)[C@@H]1OCCCC. The van der Waals surface area contributed by atoms with E-state index in [1.807, 2.05) is 17.8 Å². The van der Waals surface area contributed by atoms with Crippen molar-refractivity contribution >= 4 is 11.8 Å². The maximum Gasteiger partial charge on any atom is 0.123 e. The smallest absolute Gasteiger partial charge is 0.123 e. The summed E-state index contributed by atoms with van der Waals surface area (Å²) in [5.74, 6) is 0.121. The van der Waals surface area contributed by atoms with E-state index in [4.69, 9.17) is 23.7 Å². The van der Waals surface area contributed by atoms with Crippen LogP contribution < -0.4 is 0 Å². The van der Waals surface area contributed by atoms with Crippen molar-refractivity contribution in [3.05, 3.63) is 65.0 Å². The summed E-state index contributed by atoms with van der Waals surface area (Å²) in [6.45, 7) is 14.1. The van der Waals surface area contributed by atoms with Gasteiger partial charge >= 0.3 is 0 Å². The van der Waals surface area contributed by atoms with Crippen LogP contribution in [-0.4, -0.2) is 62.7 Å². The van der Waals surface area contributed by atoms with Crippen LogP contribution >= 0.6 is 11.8 Å². The lowest BCUT2D eigenvalue weighted by Crippen LogP contribution is -2.58. The van der Waals surface area contributed by atoms with E-state index < -0.39 is 0 Å². The summed E-state index contributed by atoms with van der Waals surface area (Å²) in [5, 5.41) is 0.349. The molecular formula is C38H57FO5S. The predicted molar refractivity (Wildman–Crippen MR) is 182 cm³/mol. The molecule has 2 aliphatic heterocycles. The molecule has 0 spiro atoms. The second-order valence-electron chi connectivity index (χ2n) is 12.7. The minimum atomic E-state index is -0.306. The molecule has 2 aromatic carbocycles. The lowest BCUT2D eigenvalue weighted by molar-refractivity contribution is -0.268. The van der Waals surface area contributed by atoms with Gasteiger partial charge in [-0.05, 0) is 72.9 Å². The molecule has 2 aliphatic rings. The average Bonchev–Trinajstić information content (AvgIpc) is 3.34. The van der Waals surface area contributed by atoms with Gasteiger partial charge in [-0.15, -0.1) is 11.8 Å². The van der Waals surface area contributed by atoms with Gasteiger partial charge < -0.3 is 23.7 Å². The van der Waals surface area contributed by atoms with Gasteiger partial charge in [0.1, 0.15) is 36.3 Å². The second-order valence-corrected chi connectivity index (χ2v) is 13.9. The molecule has 7 heteroatoms. The van der Waals surface area contributed by atoms with Crippen molar-refractivity contribution in [2.75, 3.05) is 33.0 Å². The van der Waals surface area contributed by atoms with Gasteiger partial charge in [0.25, 0.3) is 0 Å². The van der Waals surface area contributed by atoms with Gasteiger partial charge in [0.2, 0.25) is 0 Å². The Bertz CT molecular complexity index is 1130. The highest BCUT2D eigenvalue weighted by molar-refractivity contribution is 8.00. The zero-order chi connectivity index (χ0) is 32.0. The lowest BCUT2D eigenvalue weighted by Gasteiger charge is -2.46. The first-order chi connectivity index (χ1) is 22.0. The Morgan fingerprint density at radius 1 is 0.756 bits per heavy atom. The minimum absolute atomic E-state index is 0.159. The molecule has 0 amide bonds. The molecule has 0 bridgehead atoms. The molecule has 0 aliphatic carbocycles. The Labute approximate surface area is 276 Å². The number of hydrogen-bond donors (Lipinski definition) is 0. The first kappa shape index (κ1) is 36.4. The van der Waals surface area contributed by atoms with Gasteiger partial charge in [0.05, 0.1) is 6.61 Å². The Hall–Kier alpha value is -1.48. The van der Waals surface area contributed by atoms with Crippen molar-refractivity contribution in [3.63, 3.8) is 0 Å². The Kier molecular flexibility index (Phi) is 15.6. The number of benzene rings is 2. The Balaban J connectivity index is 1.61. The number of unbranched alkanes of at least 4 members (excludes halogenated alkanes) is 4. The number of rotatable bonds is 20. The standard InChI is InChI=1S/C38H57FO5S/c1-6-10-19-40-26-32-36(41-20-11-7-2)38(43-22-13-9-4)37(42-21-12-8-3)35(44-32)29-16-14-15-28(23-29)24-34-27(5)31-25-30(39)17-18-33(31)45-34/h14-18,23,25,27,32,34-38H,6-13,19-22,24,26H2,1-5H3/t27?,32-,34?,35?,36-,37+,38+/m1/s1. The van der Waals surface area contributed by atoms with Gasteiger partial charge in [-0.25, -0.2) is 4.39 Å². The molecule has 252 valence electrons. The van der Waals surface area contributed by atoms with Crippen molar-refractivity contribution in [1.82, 2.24) is 0 Å². The van der Waals surface area contributed by atoms with E-state index in [1.54, 1.807) is 12.1 Å². The Morgan fingerprint density at radius 3 is 2.09 bits per heavy atom. The molecule has 7 atom stereocenters. The van der Waals surface area contributed by atoms with Gasteiger partial charge in [-0.3, -0.25) is 0 Å². The Morgan fingerprint density at radius 2 is 1.40 bits per heavy atom. The van der Waals surface area contributed by atoms with Crippen LogP contribution in [0, 0.1) is 5.82 Å². The van der Waals surface area contributed by atoms with Crippen molar-refractivity contribution in [2.45, 2.75) is 139 Å². The summed E-state index contributed by atoms with van der Waals surface area (Å²) < 4.78 is 47.2. The second kappa shape index (κ2) is 19.4. The largest absolute Gasteiger partial charge is 0.379 e. The highest BCUT2D eigenvalue weighted by atomic mass is 32.2. The third-order valence-corrected chi connectivity index (χ3v) is 10.5. The fourth-order valence-corrected chi connectivity index (χ4v) is 7.70. The monoisotopic (exact) mass is 644 g/mol. The summed E-state index contributed by atoms with van der Waals surface area (Å²) in [7, 11) is 0. The molecule has 2 heterocycles.